The van der Waals surface area contributed by atoms with Gasteiger partial charge in [-0.2, -0.15) is 0 Å². The zero-order valence-corrected chi connectivity index (χ0v) is 14.1. The molecular formula is C14H18BrNO4S. The molecule has 21 heavy (non-hydrogen) atoms. The molecule has 0 saturated heterocycles. The van der Waals surface area contributed by atoms with Crippen molar-refractivity contribution in [3.8, 4) is 0 Å². The second-order valence-electron chi connectivity index (χ2n) is 5.52. The summed E-state index contributed by atoms with van der Waals surface area (Å²) in [5.41, 5.74) is 0.187. The van der Waals surface area contributed by atoms with Gasteiger partial charge in [-0.1, -0.05) is 29.3 Å². The summed E-state index contributed by atoms with van der Waals surface area (Å²) in [5, 5.41) is 5.10. The van der Waals surface area contributed by atoms with Gasteiger partial charge in [0.1, 0.15) is 6.10 Å². The summed E-state index contributed by atoms with van der Waals surface area (Å²) in [6.07, 6.45) is 3.80. The SMILES string of the molecule is CC1CCCC(OC(=O)c2cc(Br)cc(S(N)(=O)=O)c2)C1. The van der Waals surface area contributed by atoms with E-state index in [0.29, 0.717) is 10.4 Å². The Balaban J connectivity index is 2.17. The number of halogens is 1. The third-order valence-corrected chi connectivity index (χ3v) is 4.95. The lowest BCUT2D eigenvalue weighted by molar-refractivity contribution is 0.0155. The van der Waals surface area contributed by atoms with Gasteiger partial charge in [0.15, 0.2) is 0 Å². The number of carbonyl (C=O) groups is 1. The van der Waals surface area contributed by atoms with Crippen LogP contribution >= 0.6 is 15.9 Å². The highest BCUT2D eigenvalue weighted by molar-refractivity contribution is 9.10. The molecule has 0 bridgehead atoms. The van der Waals surface area contributed by atoms with Crippen LogP contribution in [0.25, 0.3) is 0 Å². The highest BCUT2D eigenvalue weighted by Gasteiger charge is 2.23. The van der Waals surface area contributed by atoms with Crippen LogP contribution in [0, 0.1) is 5.92 Å². The average Bonchev–Trinajstić information content (AvgIpc) is 2.37. The quantitative estimate of drug-likeness (QED) is 0.822. The molecule has 2 rings (SSSR count). The molecule has 0 aliphatic heterocycles. The van der Waals surface area contributed by atoms with Crippen molar-refractivity contribution >= 4 is 31.9 Å². The standard InChI is InChI=1S/C14H18BrNO4S/c1-9-3-2-4-12(5-9)20-14(17)10-6-11(15)8-13(7-10)21(16,18)19/h6-9,12H,2-5H2,1H3,(H2,16,18,19). The molecule has 7 heteroatoms. The maximum absolute atomic E-state index is 12.2. The van der Waals surface area contributed by atoms with E-state index < -0.39 is 16.0 Å². The molecule has 1 aliphatic carbocycles. The van der Waals surface area contributed by atoms with Crippen LogP contribution in [0.3, 0.4) is 0 Å². The molecule has 5 nitrogen and oxygen atoms in total. The molecular weight excluding hydrogens is 358 g/mol. The second kappa shape index (κ2) is 6.46. The van der Waals surface area contributed by atoms with Crippen molar-refractivity contribution in [3.05, 3.63) is 28.2 Å². The summed E-state index contributed by atoms with van der Waals surface area (Å²) >= 11 is 3.18. The van der Waals surface area contributed by atoms with Crippen LogP contribution in [-0.2, 0) is 14.8 Å². The van der Waals surface area contributed by atoms with Gasteiger partial charge < -0.3 is 4.74 Å². The first-order valence-electron chi connectivity index (χ1n) is 6.80. The van der Waals surface area contributed by atoms with Crippen molar-refractivity contribution < 1.29 is 17.9 Å². The fourth-order valence-corrected chi connectivity index (χ4v) is 3.78. The van der Waals surface area contributed by atoms with Crippen molar-refractivity contribution in [2.24, 2.45) is 11.1 Å². The number of esters is 1. The first-order valence-corrected chi connectivity index (χ1v) is 9.14. The normalized spacial score (nSPS) is 22.8. The molecule has 1 saturated carbocycles. The summed E-state index contributed by atoms with van der Waals surface area (Å²) in [7, 11) is -3.86. The summed E-state index contributed by atoms with van der Waals surface area (Å²) in [5.74, 6) is 0.0272. The lowest BCUT2D eigenvalue weighted by atomic mass is 9.89. The van der Waals surface area contributed by atoms with Gasteiger partial charge in [-0.25, -0.2) is 18.4 Å². The molecule has 2 atom stereocenters. The Kier molecular flexibility index (Phi) is 5.06. The Morgan fingerprint density at radius 2 is 2.05 bits per heavy atom. The highest BCUT2D eigenvalue weighted by atomic mass is 79.9. The van der Waals surface area contributed by atoms with Gasteiger partial charge >= 0.3 is 5.97 Å². The van der Waals surface area contributed by atoms with Gasteiger partial charge in [0, 0.05) is 4.47 Å². The molecule has 0 heterocycles. The van der Waals surface area contributed by atoms with E-state index in [1.807, 2.05) is 0 Å². The summed E-state index contributed by atoms with van der Waals surface area (Å²) in [4.78, 5) is 12.1. The van der Waals surface area contributed by atoms with Gasteiger partial charge in [-0.05, 0) is 43.4 Å². The van der Waals surface area contributed by atoms with Crippen molar-refractivity contribution in [2.45, 2.75) is 43.6 Å². The lowest BCUT2D eigenvalue weighted by Gasteiger charge is -2.26. The van der Waals surface area contributed by atoms with E-state index >= 15 is 0 Å². The maximum atomic E-state index is 12.2. The van der Waals surface area contributed by atoms with Crippen molar-refractivity contribution in [1.82, 2.24) is 0 Å². The van der Waals surface area contributed by atoms with Gasteiger partial charge in [-0.15, -0.1) is 0 Å². The number of rotatable bonds is 3. The zero-order valence-electron chi connectivity index (χ0n) is 11.7. The largest absolute Gasteiger partial charge is 0.459 e. The van der Waals surface area contributed by atoms with Crippen LogP contribution in [0.4, 0.5) is 0 Å². The van der Waals surface area contributed by atoms with E-state index in [2.05, 4.69) is 22.9 Å². The molecule has 0 spiro atoms. The molecule has 1 aliphatic rings. The minimum atomic E-state index is -3.86. The van der Waals surface area contributed by atoms with E-state index in [-0.39, 0.29) is 16.6 Å². The van der Waals surface area contributed by atoms with Crippen molar-refractivity contribution in [1.29, 1.82) is 0 Å². The molecule has 0 aromatic heterocycles. The summed E-state index contributed by atoms with van der Waals surface area (Å²) in [6, 6.07) is 4.13. The molecule has 0 amide bonds. The average molecular weight is 376 g/mol. The first-order chi connectivity index (χ1) is 9.75. The Hall–Kier alpha value is -0.920. The fourth-order valence-electron chi connectivity index (χ4n) is 2.55. The highest BCUT2D eigenvalue weighted by Crippen LogP contribution is 2.27. The van der Waals surface area contributed by atoms with Gasteiger partial charge in [0.2, 0.25) is 10.0 Å². The fraction of sp³-hybridized carbons (Fsp3) is 0.500. The zero-order chi connectivity index (χ0) is 15.6. The van der Waals surface area contributed by atoms with E-state index in [1.54, 1.807) is 0 Å². The number of carbonyl (C=O) groups excluding carboxylic acids is 1. The molecule has 2 N–H and O–H groups in total. The van der Waals surface area contributed by atoms with E-state index in [1.165, 1.54) is 18.2 Å². The lowest BCUT2D eigenvalue weighted by Crippen LogP contribution is -2.24. The predicted octanol–water partition coefficient (Wildman–Crippen LogP) is 2.83. The van der Waals surface area contributed by atoms with Crippen molar-refractivity contribution in [3.63, 3.8) is 0 Å². The minimum Gasteiger partial charge on any atom is -0.459 e. The van der Waals surface area contributed by atoms with Crippen LogP contribution in [0.1, 0.15) is 43.0 Å². The number of benzene rings is 1. The van der Waals surface area contributed by atoms with Crippen LogP contribution in [-0.4, -0.2) is 20.5 Å². The molecule has 116 valence electrons. The third kappa shape index (κ3) is 4.52. The second-order valence-corrected chi connectivity index (χ2v) is 8.00. The number of hydrogen-bond acceptors (Lipinski definition) is 4. The first kappa shape index (κ1) is 16.5. The maximum Gasteiger partial charge on any atom is 0.338 e. The number of nitrogens with two attached hydrogens (primary N) is 1. The van der Waals surface area contributed by atoms with Gasteiger partial charge in [0.05, 0.1) is 10.5 Å². The Labute approximate surface area is 133 Å². The molecule has 2 unspecified atom stereocenters. The minimum absolute atomic E-state index is 0.0989. The smallest absolute Gasteiger partial charge is 0.338 e. The number of primary sulfonamides is 1. The summed E-state index contributed by atoms with van der Waals surface area (Å²) in [6.45, 7) is 2.14. The van der Waals surface area contributed by atoms with Crippen LogP contribution < -0.4 is 5.14 Å². The monoisotopic (exact) mass is 375 g/mol. The van der Waals surface area contributed by atoms with Crippen LogP contribution in [0.5, 0.6) is 0 Å². The predicted molar refractivity (Wildman–Crippen MR) is 82.4 cm³/mol. The van der Waals surface area contributed by atoms with Gasteiger partial charge in [0.25, 0.3) is 0 Å². The number of ether oxygens (including phenoxy) is 1. The molecule has 0 radical (unpaired) electrons. The van der Waals surface area contributed by atoms with E-state index in [9.17, 15) is 13.2 Å². The Bertz CT molecular complexity index is 644. The van der Waals surface area contributed by atoms with Crippen LogP contribution in [0.2, 0.25) is 0 Å². The topological polar surface area (TPSA) is 86.5 Å². The third-order valence-electron chi connectivity index (χ3n) is 3.60. The van der Waals surface area contributed by atoms with Crippen molar-refractivity contribution in [2.75, 3.05) is 0 Å². The van der Waals surface area contributed by atoms with E-state index in [0.717, 1.165) is 25.7 Å². The Morgan fingerprint density at radius 1 is 1.33 bits per heavy atom. The number of sulfonamides is 1. The van der Waals surface area contributed by atoms with Crippen LogP contribution in [0.15, 0.2) is 27.6 Å². The molecule has 1 aromatic carbocycles. The Morgan fingerprint density at radius 3 is 2.67 bits per heavy atom. The molecule has 1 fully saturated rings. The van der Waals surface area contributed by atoms with Gasteiger partial charge in [-0.3, -0.25) is 0 Å². The summed E-state index contributed by atoms with van der Waals surface area (Å²) < 4.78 is 28.7. The van der Waals surface area contributed by atoms with E-state index in [4.69, 9.17) is 9.88 Å². The number of hydrogen-bond donors (Lipinski definition) is 1. The molecule has 1 aromatic rings.